The van der Waals surface area contributed by atoms with Crippen molar-refractivity contribution in [3.63, 3.8) is 0 Å². The fraction of sp³-hybridized carbons (Fsp3) is 0.333. The molecular formula is C9H9F3N2O. The van der Waals surface area contributed by atoms with E-state index in [-0.39, 0.29) is 17.9 Å². The number of aromatic nitrogens is 1. The second kappa shape index (κ2) is 4.39. The highest BCUT2D eigenvalue weighted by atomic mass is 19.4. The molecule has 0 saturated heterocycles. The third-order valence-corrected chi connectivity index (χ3v) is 1.71. The van der Waals surface area contributed by atoms with E-state index in [1.807, 2.05) is 0 Å². The Morgan fingerprint density at radius 3 is 2.53 bits per heavy atom. The monoisotopic (exact) mass is 218 g/mol. The van der Waals surface area contributed by atoms with E-state index >= 15 is 0 Å². The van der Waals surface area contributed by atoms with Gasteiger partial charge in [0.1, 0.15) is 5.69 Å². The maximum absolute atomic E-state index is 12.1. The average molecular weight is 218 g/mol. The number of Topliss-reactive ketones (excluding diaryl/α,β-unsaturated/α-hetero) is 1. The number of carbonyl (C=O) groups is 1. The van der Waals surface area contributed by atoms with Crippen LogP contribution in [0.4, 0.5) is 13.2 Å². The van der Waals surface area contributed by atoms with Gasteiger partial charge in [-0.1, -0.05) is 0 Å². The quantitative estimate of drug-likeness (QED) is 0.782. The molecule has 0 saturated carbocycles. The molecule has 0 aliphatic rings. The lowest BCUT2D eigenvalue weighted by atomic mass is 10.2. The first-order valence-corrected chi connectivity index (χ1v) is 4.16. The predicted molar refractivity (Wildman–Crippen MR) is 47.5 cm³/mol. The van der Waals surface area contributed by atoms with Crippen LogP contribution < -0.4 is 5.32 Å². The van der Waals surface area contributed by atoms with Crippen LogP contribution in [0.3, 0.4) is 0 Å². The van der Waals surface area contributed by atoms with Crippen LogP contribution in [0, 0.1) is 0 Å². The minimum Gasteiger partial charge on any atom is -0.313 e. The number of rotatable bonds is 3. The molecule has 0 bridgehead atoms. The smallest absolute Gasteiger partial charge is 0.313 e. The molecule has 0 atom stereocenters. The Morgan fingerprint density at radius 2 is 2.13 bits per heavy atom. The molecule has 1 aromatic rings. The van der Waals surface area contributed by atoms with Crippen molar-refractivity contribution in [2.75, 3.05) is 13.6 Å². The fourth-order valence-electron chi connectivity index (χ4n) is 0.989. The number of nitrogens with one attached hydrogen (secondary N) is 1. The van der Waals surface area contributed by atoms with Gasteiger partial charge in [-0.05, 0) is 19.2 Å². The normalized spacial score (nSPS) is 11.5. The van der Waals surface area contributed by atoms with Gasteiger partial charge < -0.3 is 5.32 Å². The maximum atomic E-state index is 12.1. The Labute approximate surface area is 84.3 Å². The van der Waals surface area contributed by atoms with E-state index in [0.717, 1.165) is 18.3 Å². The highest BCUT2D eigenvalue weighted by molar-refractivity contribution is 5.97. The molecule has 1 aromatic heterocycles. The molecule has 15 heavy (non-hydrogen) atoms. The largest absolute Gasteiger partial charge is 0.433 e. The number of ketones is 1. The van der Waals surface area contributed by atoms with Crippen molar-refractivity contribution < 1.29 is 18.0 Å². The van der Waals surface area contributed by atoms with Crippen molar-refractivity contribution in [3.05, 3.63) is 29.6 Å². The van der Waals surface area contributed by atoms with E-state index < -0.39 is 11.9 Å². The Bertz CT molecular complexity index is 345. The van der Waals surface area contributed by atoms with Gasteiger partial charge >= 0.3 is 6.18 Å². The van der Waals surface area contributed by atoms with Gasteiger partial charge in [0.25, 0.3) is 0 Å². The second-order valence-electron chi connectivity index (χ2n) is 2.88. The first kappa shape index (κ1) is 11.6. The first-order chi connectivity index (χ1) is 6.95. The fourth-order valence-corrected chi connectivity index (χ4v) is 0.989. The summed E-state index contributed by atoms with van der Waals surface area (Å²) in [4.78, 5) is 14.4. The molecular weight excluding hydrogens is 209 g/mol. The van der Waals surface area contributed by atoms with Gasteiger partial charge in [0, 0.05) is 11.8 Å². The van der Waals surface area contributed by atoms with E-state index in [1.165, 1.54) is 0 Å². The Kier molecular flexibility index (Phi) is 3.41. The van der Waals surface area contributed by atoms with Gasteiger partial charge in [-0.3, -0.25) is 9.78 Å². The summed E-state index contributed by atoms with van der Waals surface area (Å²) in [5.74, 6) is -0.293. The number of carbonyl (C=O) groups excluding carboxylic acids is 1. The molecule has 6 heteroatoms. The molecule has 0 aliphatic heterocycles. The second-order valence-corrected chi connectivity index (χ2v) is 2.88. The third kappa shape index (κ3) is 3.02. The summed E-state index contributed by atoms with van der Waals surface area (Å²) in [6.07, 6.45) is -3.53. The Balaban J connectivity index is 2.86. The zero-order chi connectivity index (χ0) is 11.5. The lowest BCUT2D eigenvalue weighted by Crippen LogP contribution is -2.19. The van der Waals surface area contributed by atoms with Crippen LogP contribution in [-0.2, 0) is 6.18 Å². The lowest BCUT2D eigenvalue weighted by molar-refractivity contribution is -0.141. The van der Waals surface area contributed by atoms with Crippen molar-refractivity contribution in [1.82, 2.24) is 10.3 Å². The zero-order valence-corrected chi connectivity index (χ0v) is 7.93. The van der Waals surface area contributed by atoms with Crippen LogP contribution in [0.2, 0.25) is 0 Å². The molecule has 0 unspecified atom stereocenters. The first-order valence-electron chi connectivity index (χ1n) is 4.16. The molecule has 1 heterocycles. The minimum atomic E-state index is -4.47. The summed E-state index contributed by atoms with van der Waals surface area (Å²) in [5.41, 5.74) is -0.833. The number of hydrogen-bond donors (Lipinski definition) is 1. The summed E-state index contributed by atoms with van der Waals surface area (Å²) in [7, 11) is 1.58. The summed E-state index contributed by atoms with van der Waals surface area (Å²) in [5, 5.41) is 2.61. The number of hydrogen-bond acceptors (Lipinski definition) is 3. The molecule has 0 radical (unpaired) electrons. The van der Waals surface area contributed by atoms with Crippen LogP contribution in [0.15, 0.2) is 18.3 Å². The van der Waals surface area contributed by atoms with E-state index in [9.17, 15) is 18.0 Å². The standard InChI is InChI=1S/C9H9F3N2O/c1-13-5-7(15)6-2-3-8(14-4-6)9(10,11)12/h2-4,13H,5H2,1H3. The Hall–Kier alpha value is -1.43. The van der Waals surface area contributed by atoms with Crippen LogP contribution in [0.5, 0.6) is 0 Å². The van der Waals surface area contributed by atoms with Crippen LogP contribution in [0.1, 0.15) is 16.1 Å². The molecule has 0 amide bonds. The Morgan fingerprint density at radius 1 is 1.47 bits per heavy atom. The third-order valence-electron chi connectivity index (χ3n) is 1.71. The van der Waals surface area contributed by atoms with Crippen LogP contribution in [-0.4, -0.2) is 24.4 Å². The molecule has 3 nitrogen and oxygen atoms in total. The van der Waals surface area contributed by atoms with Crippen molar-refractivity contribution in [2.24, 2.45) is 0 Å². The SMILES string of the molecule is CNCC(=O)c1ccc(C(F)(F)F)nc1. The van der Waals surface area contributed by atoms with Gasteiger partial charge in [0.2, 0.25) is 0 Å². The summed E-state index contributed by atoms with van der Waals surface area (Å²) in [6, 6.07) is 1.92. The molecule has 1 rings (SSSR count). The molecule has 0 fully saturated rings. The number of halogens is 3. The van der Waals surface area contributed by atoms with Crippen molar-refractivity contribution in [3.8, 4) is 0 Å². The summed E-state index contributed by atoms with van der Waals surface area (Å²) in [6.45, 7) is 0.0764. The molecule has 1 N–H and O–H groups in total. The van der Waals surface area contributed by atoms with Crippen molar-refractivity contribution in [2.45, 2.75) is 6.18 Å². The lowest BCUT2D eigenvalue weighted by Gasteiger charge is -2.05. The van der Waals surface area contributed by atoms with Gasteiger partial charge in [-0.15, -0.1) is 0 Å². The minimum absolute atomic E-state index is 0.0764. The van der Waals surface area contributed by atoms with Crippen LogP contribution >= 0.6 is 0 Å². The summed E-state index contributed by atoms with van der Waals surface area (Å²) >= 11 is 0. The van der Waals surface area contributed by atoms with E-state index in [4.69, 9.17) is 0 Å². The topological polar surface area (TPSA) is 42.0 Å². The number of likely N-dealkylation sites (N-methyl/N-ethyl adjacent to an activating group) is 1. The maximum Gasteiger partial charge on any atom is 0.433 e. The number of alkyl halides is 3. The van der Waals surface area contributed by atoms with E-state index in [1.54, 1.807) is 7.05 Å². The highest BCUT2D eigenvalue weighted by Crippen LogP contribution is 2.27. The van der Waals surface area contributed by atoms with Crippen molar-refractivity contribution in [1.29, 1.82) is 0 Å². The van der Waals surface area contributed by atoms with Gasteiger partial charge in [0.05, 0.1) is 6.54 Å². The van der Waals surface area contributed by atoms with Crippen LogP contribution in [0.25, 0.3) is 0 Å². The zero-order valence-electron chi connectivity index (χ0n) is 7.93. The van der Waals surface area contributed by atoms with E-state index in [0.29, 0.717) is 0 Å². The molecule has 0 aliphatic carbocycles. The molecule has 0 aromatic carbocycles. The summed E-state index contributed by atoms with van der Waals surface area (Å²) < 4.78 is 36.3. The van der Waals surface area contributed by atoms with E-state index in [2.05, 4.69) is 10.3 Å². The molecule has 82 valence electrons. The highest BCUT2D eigenvalue weighted by Gasteiger charge is 2.32. The van der Waals surface area contributed by atoms with Gasteiger partial charge in [0.15, 0.2) is 5.78 Å². The predicted octanol–water partition coefficient (Wildman–Crippen LogP) is 1.50. The number of nitrogens with zero attached hydrogens (tertiary/aromatic N) is 1. The molecule has 0 spiro atoms. The van der Waals surface area contributed by atoms with Crippen molar-refractivity contribution >= 4 is 5.78 Å². The number of pyridine rings is 1. The van der Waals surface area contributed by atoms with Gasteiger partial charge in [-0.25, -0.2) is 0 Å². The average Bonchev–Trinajstić information content (AvgIpc) is 2.17. The van der Waals surface area contributed by atoms with Gasteiger partial charge in [-0.2, -0.15) is 13.2 Å².